The number of aryl methyl sites for hydroxylation is 2. The summed E-state index contributed by atoms with van der Waals surface area (Å²) in [4.78, 5) is 26.7. The number of amides is 1. The third-order valence-corrected chi connectivity index (χ3v) is 4.20. The molecule has 0 spiro atoms. The molecule has 0 radical (unpaired) electrons. The Hall–Kier alpha value is -3.07. The van der Waals surface area contributed by atoms with Crippen LogP contribution in [0.15, 0.2) is 35.7 Å². The molecule has 0 aliphatic heterocycles. The van der Waals surface area contributed by atoms with Gasteiger partial charge in [-0.05, 0) is 25.1 Å². The number of nitro benzene ring substituents is 1. The number of benzene rings is 1. The Bertz CT molecular complexity index is 894. The summed E-state index contributed by atoms with van der Waals surface area (Å²) in [7, 11) is 1.77. The van der Waals surface area contributed by atoms with E-state index in [2.05, 4.69) is 15.4 Å². The zero-order valence-corrected chi connectivity index (χ0v) is 13.7. The molecule has 2 aromatic heterocycles. The standard InChI is InChI=1S/C15H13N5O3S/c1-9-7-12(18-19(9)2)14(21)17-15-16-13(8-24-15)10-3-5-11(6-4-10)20(22)23/h3-8H,1-2H3,(H,16,17,21). The highest BCUT2D eigenvalue weighted by Gasteiger charge is 2.14. The van der Waals surface area contributed by atoms with Gasteiger partial charge in [-0.15, -0.1) is 11.3 Å². The molecule has 1 aromatic carbocycles. The average Bonchev–Trinajstić information content (AvgIpc) is 3.15. The van der Waals surface area contributed by atoms with Crippen LogP contribution in [0.4, 0.5) is 10.8 Å². The first kappa shape index (κ1) is 15.8. The van der Waals surface area contributed by atoms with Gasteiger partial charge in [-0.2, -0.15) is 5.10 Å². The van der Waals surface area contributed by atoms with Crippen LogP contribution >= 0.6 is 11.3 Å². The van der Waals surface area contributed by atoms with Crippen LogP contribution in [-0.4, -0.2) is 25.6 Å². The number of anilines is 1. The lowest BCUT2D eigenvalue weighted by Crippen LogP contribution is -2.12. The number of hydrogen-bond donors (Lipinski definition) is 1. The van der Waals surface area contributed by atoms with Gasteiger partial charge in [0.1, 0.15) is 0 Å². The van der Waals surface area contributed by atoms with Crippen molar-refractivity contribution in [1.82, 2.24) is 14.8 Å². The predicted molar refractivity (Wildman–Crippen MR) is 90.1 cm³/mol. The fourth-order valence-electron chi connectivity index (χ4n) is 2.05. The number of nitrogens with one attached hydrogen (secondary N) is 1. The van der Waals surface area contributed by atoms with Crippen LogP contribution in [0.5, 0.6) is 0 Å². The summed E-state index contributed by atoms with van der Waals surface area (Å²) < 4.78 is 1.62. The first-order chi connectivity index (χ1) is 11.4. The Morgan fingerprint density at radius 3 is 2.62 bits per heavy atom. The van der Waals surface area contributed by atoms with E-state index in [0.717, 1.165) is 11.3 Å². The largest absolute Gasteiger partial charge is 0.296 e. The monoisotopic (exact) mass is 343 g/mol. The second-order valence-corrected chi connectivity index (χ2v) is 5.95. The average molecular weight is 343 g/mol. The fraction of sp³-hybridized carbons (Fsp3) is 0.133. The summed E-state index contributed by atoms with van der Waals surface area (Å²) in [6, 6.07) is 7.79. The third kappa shape index (κ3) is 3.15. The van der Waals surface area contributed by atoms with Gasteiger partial charge >= 0.3 is 0 Å². The Morgan fingerprint density at radius 1 is 1.33 bits per heavy atom. The highest BCUT2D eigenvalue weighted by molar-refractivity contribution is 7.14. The molecule has 0 aliphatic carbocycles. The predicted octanol–water partition coefficient (Wildman–Crippen LogP) is 3.01. The smallest absolute Gasteiger partial charge is 0.277 e. The van der Waals surface area contributed by atoms with Crippen molar-refractivity contribution >= 4 is 28.1 Å². The van der Waals surface area contributed by atoms with Gasteiger partial charge in [-0.25, -0.2) is 4.98 Å². The summed E-state index contributed by atoms with van der Waals surface area (Å²) in [5.41, 5.74) is 2.61. The molecule has 3 aromatic rings. The van der Waals surface area contributed by atoms with E-state index in [0.29, 0.717) is 16.5 Å². The Morgan fingerprint density at radius 2 is 2.04 bits per heavy atom. The first-order valence-corrected chi connectivity index (χ1v) is 7.84. The lowest BCUT2D eigenvalue weighted by Gasteiger charge is -1.98. The van der Waals surface area contributed by atoms with Crippen LogP contribution < -0.4 is 5.32 Å². The number of carbonyl (C=O) groups is 1. The molecule has 0 atom stereocenters. The Balaban J connectivity index is 1.75. The number of thiazole rings is 1. The van der Waals surface area contributed by atoms with Crippen LogP contribution in [0, 0.1) is 17.0 Å². The number of hydrogen-bond acceptors (Lipinski definition) is 6. The van der Waals surface area contributed by atoms with Crippen LogP contribution in [-0.2, 0) is 7.05 Å². The molecule has 0 aliphatic rings. The molecule has 0 saturated carbocycles. The van der Waals surface area contributed by atoms with E-state index < -0.39 is 4.92 Å². The van der Waals surface area contributed by atoms with Gasteiger partial charge < -0.3 is 0 Å². The minimum atomic E-state index is -0.453. The van der Waals surface area contributed by atoms with E-state index in [9.17, 15) is 14.9 Å². The van der Waals surface area contributed by atoms with Crippen molar-refractivity contribution in [3.05, 3.63) is 57.2 Å². The zero-order chi connectivity index (χ0) is 17.3. The maximum absolute atomic E-state index is 12.1. The molecule has 8 nitrogen and oxygen atoms in total. The number of nitrogens with zero attached hydrogens (tertiary/aromatic N) is 4. The van der Waals surface area contributed by atoms with Gasteiger partial charge in [-0.1, -0.05) is 0 Å². The number of aromatic nitrogens is 3. The summed E-state index contributed by atoms with van der Waals surface area (Å²) in [6.07, 6.45) is 0. The highest BCUT2D eigenvalue weighted by atomic mass is 32.1. The molecule has 0 bridgehead atoms. The number of nitro groups is 1. The maximum atomic E-state index is 12.1. The number of non-ortho nitro benzene ring substituents is 1. The molecule has 1 amide bonds. The van der Waals surface area contributed by atoms with E-state index in [4.69, 9.17) is 0 Å². The van der Waals surface area contributed by atoms with E-state index in [1.54, 1.807) is 35.3 Å². The van der Waals surface area contributed by atoms with Crippen molar-refractivity contribution in [2.75, 3.05) is 5.32 Å². The van der Waals surface area contributed by atoms with Crippen LogP contribution in [0.3, 0.4) is 0 Å². The van der Waals surface area contributed by atoms with Gasteiger partial charge in [0.05, 0.1) is 10.6 Å². The van der Waals surface area contributed by atoms with Crippen molar-refractivity contribution < 1.29 is 9.72 Å². The molecule has 3 rings (SSSR count). The van der Waals surface area contributed by atoms with Crippen LogP contribution in [0.25, 0.3) is 11.3 Å². The Kier molecular flexibility index (Phi) is 4.09. The quantitative estimate of drug-likeness (QED) is 0.579. The molecular weight excluding hydrogens is 330 g/mol. The van der Waals surface area contributed by atoms with Crippen molar-refractivity contribution in [2.24, 2.45) is 7.05 Å². The molecule has 0 unspecified atom stereocenters. The normalized spacial score (nSPS) is 10.6. The molecule has 0 saturated heterocycles. The first-order valence-electron chi connectivity index (χ1n) is 6.96. The molecule has 0 fully saturated rings. The van der Waals surface area contributed by atoms with E-state index in [1.807, 2.05) is 6.92 Å². The zero-order valence-electron chi connectivity index (χ0n) is 12.9. The minimum absolute atomic E-state index is 0.0213. The molecule has 24 heavy (non-hydrogen) atoms. The van der Waals surface area contributed by atoms with Crippen LogP contribution in [0.2, 0.25) is 0 Å². The van der Waals surface area contributed by atoms with Gasteiger partial charge in [-0.3, -0.25) is 24.9 Å². The fourth-order valence-corrected chi connectivity index (χ4v) is 2.77. The summed E-state index contributed by atoms with van der Waals surface area (Å²) in [6.45, 7) is 1.86. The summed E-state index contributed by atoms with van der Waals surface area (Å²) in [5, 5.41) is 19.7. The molecule has 9 heteroatoms. The number of carbonyl (C=O) groups excluding carboxylic acids is 1. The number of rotatable bonds is 4. The SMILES string of the molecule is Cc1cc(C(=O)Nc2nc(-c3ccc([N+](=O)[O-])cc3)cs2)nn1C. The van der Waals surface area contributed by atoms with Gasteiger partial charge in [0.2, 0.25) is 0 Å². The van der Waals surface area contributed by atoms with Crippen molar-refractivity contribution in [1.29, 1.82) is 0 Å². The summed E-state index contributed by atoms with van der Waals surface area (Å²) >= 11 is 1.28. The van der Waals surface area contributed by atoms with Gasteiger partial charge in [0, 0.05) is 35.8 Å². The van der Waals surface area contributed by atoms with Crippen molar-refractivity contribution in [2.45, 2.75) is 6.92 Å². The molecular formula is C15H13N5O3S. The van der Waals surface area contributed by atoms with Crippen molar-refractivity contribution in [3.8, 4) is 11.3 Å². The van der Waals surface area contributed by atoms with Crippen LogP contribution in [0.1, 0.15) is 16.2 Å². The summed E-state index contributed by atoms with van der Waals surface area (Å²) in [5.74, 6) is -0.330. The Labute approximate surface area is 140 Å². The molecule has 2 heterocycles. The second-order valence-electron chi connectivity index (χ2n) is 5.09. The lowest BCUT2D eigenvalue weighted by molar-refractivity contribution is -0.384. The topological polar surface area (TPSA) is 103 Å². The highest BCUT2D eigenvalue weighted by Crippen LogP contribution is 2.26. The van der Waals surface area contributed by atoms with Crippen molar-refractivity contribution in [3.63, 3.8) is 0 Å². The minimum Gasteiger partial charge on any atom is -0.296 e. The van der Waals surface area contributed by atoms with E-state index in [1.165, 1.54) is 23.5 Å². The third-order valence-electron chi connectivity index (χ3n) is 3.44. The molecule has 122 valence electrons. The lowest BCUT2D eigenvalue weighted by atomic mass is 10.1. The second kappa shape index (κ2) is 6.20. The van der Waals surface area contributed by atoms with E-state index >= 15 is 0 Å². The van der Waals surface area contributed by atoms with Gasteiger partial charge in [0.25, 0.3) is 11.6 Å². The maximum Gasteiger partial charge on any atom is 0.277 e. The van der Waals surface area contributed by atoms with E-state index in [-0.39, 0.29) is 11.6 Å². The van der Waals surface area contributed by atoms with Gasteiger partial charge in [0.15, 0.2) is 10.8 Å². The molecule has 1 N–H and O–H groups in total.